The zero-order chi connectivity index (χ0) is 23.2. The smallest absolute Gasteiger partial charge is 0.331 e. The maximum Gasteiger partial charge on any atom is 0.331 e. The average molecular weight is 463 g/mol. The van der Waals surface area contributed by atoms with Crippen molar-refractivity contribution < 1.29 is 24.2 Å². The lowest BCUT2D eigenvalue weighted by atomic mass is 10.2. The van der Waals surface area contributed by atoms with Gasteiger partial charge in [0.1, 0.15) is 5.75 Å². The fourth-order valence-corrected chi connectivity index (χ4v) is 3.67. The lowest BCUT2D eigenvalue weighted by molar-refractivity contribution is -0.132. The summed E-state index contributed by atoms with van der Waals surface area (Å²) in [5.74, 6) is -1.36. The number of carbonyl (C=O) groups is 3. The van der Waals surface area contributed by atoms with Crippen LogP contribution in [0.15, 0.2) is 59.0 Å². The summed E-state index contributed by atoms with van der Waals surface area (Å²) >= 11 is 7.46. The minimum Gasteiger partial charge on any atom is -0.495 e. The summed E-state index contributed by atoms with van der Waals surface area (Å²) in [6.45, 7) is 4.94. The van der Waals surface area contributed by atoms with E-state index in [0.717, 1.165) is 11.0 Å². The number of hydrogen-bond acceptors (Lipinski definition) is 5. The van der Waals surface area contributed by atoms with Gasteiger partial charge in [-0.05, 0) is 63.2 Å². The molecular formula is C22H23ClN2O5S. The lowest BCUT2D eigenvalue weighted by Crippen LogP contribution is -2.33. The third-order valence-corrected chi connectivity index (χ3v) is 5.64. The summed E-state index contributed by atoms with van der Waals surface area (Å²) < 4.78 is 4.32. The van der Waals surface area contributed by atoms with Crippen LogP contribution in [0.25, 0.3) is 0 Å². The molecule has 0 unspecified atom stereocenters. The van der Waals surface area contributed by atoms with Crippen molar-refractivity contribution in [3.05, 3.63) is 59.1 Å². The number of carboxylic acid groups (broad SMARTS) is 1. The van der Waals surface area contributed by atoms with E-state index >= 15 is 0 Å². The second-order valence-corrected chi connectivity index (χ2v) is 9.17. The number of methoxy groups -OCH3 is 1. The van der Waals surface area contributed by atoms with Gasteiger partial charge in [-0.3, -0.25) is 9.59 Å². The van der Waals surface area contributed by atoms with Crippen LogP contribution in [-0.4, -0.2) is 34.7 Å². The molecule has 0 spiro atoms. The number of hydrogen-bond donors (Lipinski definition) is 3. The van der Waals surface area contributed by atoms with Crippen LogP contribution in [0.2, 0.25) is 5.02 Å². The van der Waals surface area contributed by atoms with Crippen molar-refractivity contribution in [1.29, 1.82) is 0 Å². The van der Waals surface area contributed by atoms with Crippen molar-refractivity contribution in [3.63, 3.8) is 0 Å². The van der Waals surface area contributed by atoms with Crippen molar-refractivity contribution >= 4 is 52.5 Å². The monoisotopic (exact) mass is 462 g/mol. The number of amides is 2. The van der Waals surface area contributed by atoms with Crippen LogP contribution >= 0.6 is 23.4 Å². The van der Waals surface area contributed by atoms with Crippen LogP contribution in [0.1, 0.15) is 20.8 Å². The van der Waals surface area contributed by atoms with Gasteiger partial charge < -0.3 is 20.5 Å². The molecule has 7 nitrogen and oxygen atoms in total. The van der Waals surface area contributed by atoms with Gasteiger partial charge in [-0.25, -0.2) is 4.79 Å². The van der Waals surface area contributed by atoms with E-state index < -0.39 is 16.6 Å². The average Bonchev–Trinajstić information content (AvgIpc) is 2.69. The Morgan fingerprint density at radius 2 is 1.68 bits per heavy atom. The van der Waals surface area contributed by atoms with Crippen molar-refractivity contribution in [2.24, 2.45) is 0 Å². The number of carbonyl (C=O) groups excluding carboxylic acids is 2. The predicted octanol–water partition coefficient (Wildman–Crippen LogP) is 4.83. The molecule has 0 radical (unpaired) electrons. The molecule has 0 heterocycles. The van der Waals surface area contributed by atoms with Crippen LogP contribution in [0.4, 0.5) is 11.4 Å². The molecular weight excluding hydrogens is 440 g/mol. The highest BCUT2D eigenvalue weighted by atomic mass is 35.5. The Morgan fingerprint density at radius 3 is 2.23 bits per heavy atom. The number of halogens is 1. The highest BCUT2D eigenvalue weighted by molar-refractivity contribution is 8.01. The molecule has 164 valence electrons. The van der Waals surface area contributed by atoms with Crippen molar-refractivity contribution in [2.45, 2.75) is 30.4 Å². The molecule has 0 saturated carbocycles. The first-order chi connectivity index (χ1) is 14.5. The molecule has 2 aromatic rings. The van der Waals surface area contributed by atoms with Gasteiger partial charge >= 0.3 is 5.97 Å². The van der Waals surface area contributed by atoms with Crippen molar-refractivity contribution in [3.8, 4) is 5.75 Å². The molecule has 0 aliphatic carbocycles. The molecule has 2 aromatic carbocycles. The molecule has 2 amide bonds. The van der Waals surface area contributed by atoms with Crippen molar-refractivity contribution in [1.82, 2.24) is 0 Å². The van der Waals surface area contributed by atoms with E-state index in [2.05, 4.69) is 10.6 Å². The van der Waals surface area contributed by atoms with E-state index in [1.165, 1.54) is 25.8 Å². The van der Waals surface area contributed by atoms with Gasteiger partial charge in [0, 0.05) is 27.9 Å². The fraction of sp³-hybridized carbons (Fsp3) is 0.227. The van der Waals surface area contributed by atoms with Crippen LogP contribution in [-0.2, 0) is 14.4 Å². The molecule has 0 atom stereocenters. The zero-order valence-corrected chi connectivity index (χ0v) is 19.1. The summed E-state index contributed by atoms with van der Waals surface area (Å²) in [5, 5.41) is 14.7. The topological polar surface area (TPSA) is 105 Å². The third kappa shape index (κ3) is 7.04. The first-order valence-electron chi connectivity index (χ1n) is 9.18. The summed E-state index contributed by atoms with van der Waals surface area (Å²) in [6, 6.07) is 11.9. The predicted molar refractivity (Wildman–Crippen MR) is 123 cm³/mol. The van der Waals surface area contributed by atoms with E-state index in [1.54, 1.807) is 56.3 Å². The Bertz CT molecular complexity index is 1020. The third-order valence-electron chi connectivity index (χ3n) is 4.14. The van der Waals surface area contributed by atoms with Gasteiger partial charge in [0.05, 0.1) is 16.9 Å². The molecule has 0 aromatic heterocycles. The minimum atomic E-state index is -1.15. The number of ether oxygens (including phenoxy) is 1. The normalized spacial score (nSPS) is 11.6. The van der Waals surface area contributed by atoms with Crippen LogP contribution in [0.3, 0.4) is 0 Å². The largest absolute Gasteiger partial charge is 0.495 e. The number of nitrogens with one attached hydrogen (secondary N) is 2. The van der Waals surface area contributed by atoms with Gasteiger partial charge in [-0.2, -0.15) is 0 Å². The zero-order valence-electron chi connectivity index (χ0n) is 17.5. The minimum absolute atomic E-state index is 0.0596. The molecule has 0 aliphatic heterocycles. The second kappa shape index (κ2) is 10.4. The molecule has 3 N–H and O–H groups in total. The molecule has 2 rings (SSSR count). The Hall–Kier alpha value is -2.97. The van der Waals surface area contributed by atoms with Gasteiger partial charge in [0.2, 0.25) is 11.8 Å². The first kappa shape index (κ1) is 24.3. The Morgan fingerprint density at radius 1 is 1.06 bits per heavy atom. The highest BCUT2D eigenvalue weighted by Gasteiger charge is 2.29. The van der Waals surface area contributed by atoms with Gasteiger partial charge in [0.15, 0.2) is 0 Å². The maximum absolute atomic E-state index is 12.8. The number of rotatable bonds is 8. The summed E-state index contributed by atoms with van der Waals surface area (Å²) in [4.78, 5) is 36.2. The maximum atomic E-state index is 12.8. The number of carboxylic acids is 1. The van der Waals surface area contributed by atoms with E-state index in [0.29, 0.717) is 22.1 Å². The molecule has 0 saturated heterocycles. The number of thioether (sulfide) groups is 1. The van der Waals surface area contributed by atoms with Crippen LogP contribution in [0, 0.1) is 0 Å². The molecule has 9 heteroatoms. The standard InChI is InChI=1S/C22H23ClN2O5S/c1-13(20(27)28)11-19(26)24-14-5-8-16(9-6-14)31-22(2,3)21(29)25-15-7-10-18(30-4)17(23)12-15/h5-12H,1-4H3,(H,24,26)(H,25,29)(H,27,28). The van der Waals surface area contributed by atoms with Crippen LogP contribution < -0.4 is 15.4 Å². The van der Waals surface area contributed by atoms with E-state index in [1.807, 2.05) is 0 Å². The van der Waals surface area contributed by atoms with E-state index in [-0.39, 0.29) is 11.5 Å². The van der Waals surface area contributed by atoms with E-state index in [9.17, 15) is 14.4 Å². The van der Waals surface area contributed by atoms with E-state index in [4.69, 9.17) is 21.4 Å². The van der Waals surface area contributed by atoms with Crippen LogP contribution in [0.5, 0.6) is 5.75 Å². The van der Waals surface area contributed by atoms with Gasteiger partial charge in [0.25, 0.3) is 0 Å². The Kier molecular flexibility index (Phi) is 8.13. The number of anilines is 2. The number of aliphatic carboxylic acids is 1. The summed E-state index contributed by atoms with van der Waals surface area (Å²) in [7, 11) is 1.52. The Labute approximate surface area is 189 Å². The molecule has 0 aliphatic rings. The molecule has 0 bridgehead atoms. The van der Waals surface area contributed by atoms with Gasteiger partial charge in [-0.15, -0.1) is 11.8 Å². The summed E-state index contributed by atoms with van der Waals surface area (Å²) in [5.41, 5.74) is 1.02. The number of benzene rings is 2. The molecule has 31 heavy (non-hydrogen) atoms. The fourth-order valence-electron chi connectivity index (χ4n) is 2.41. The molecule has 0 fully saturated rings. The Balaban J connectivity index is 2.01. The van der Waals surface area contributed by atoms with Gasteiger partial charge in [-0.1, -0.05) is 11.6 Å². The summed E-state index contributed by atoms with van der Waals surface area (Å²) in [6.07, 6.45) is 1.02. The SMILES string of the molecule is COc1ccc(NC(=O)C(C)(C)Sc2ccc(NC(=O)C=C(C)C(=O)O)cc2)cc1Cl. The lowest BCUT2D eigenvalue weighted by Gasteiger charge is -2.23. The first-order valence-corrected chi connectivity index (χ1v) is 10.4. The quantitative estimate of drug-likeness (QED) is 0.383. The second-order valence-electron chi connectivity index (χ2n) is 7.06. The van der Waals surface area contributed by atoms with Crippen molar-refractivity contribution in [2.75, 3.05) is 17.7 Å². The highest BCUT2D eigenvalue weighted by Crippen LogP contribution is 2.35.